The van der Waals surface area contributed by atoms with Crippen molar-refractivity contribution in [1.29, 1.82) is 0 Å². The first-order valence-corrected chi connectivity index (χ1v) is 11.4. The fourth-order valence-corrected chi connectivity index (χ4v) is 3.85. The molecular formula is C27H29N3O3. The molecule has 1 saturated heterocycles. The molecular weight excluding hydrogens is 414 g/mol. The number of nitrogens with one attached hydrogen (secondary N) is 2. The van der Waals surface area contributed by atoms with E-state index in [0.29, 0.717) is 23.6 Å². The van der Waals surface area contributed by atoms with E-state index in [1.165, 1.54) is 5.56 Å². The summed E-state index contributed by atoms with van der Waals surface area (Å²) in [5.41, 5.74) is 3.28. The van der Waals surface area contributed by atoms with Gasteiger partial charge in [-0.15, -0.1) is 0 Å². The minimum Gasteiger partial charge on any atom is -0.493 e. The number of rotatable bonds is 9. The van der Waals surface area contributed by atoms with E-state index in [4.69, 9.17) is 4.74 Å². The molecule has 3 aromatic carbocycles. The number of anilines is 2. The smallest absolute Gasteiger partial charge is 0.253 e. The predicted octanol–water partition coefficient (Wildman–Crippen LogP) is 4.59. The third-order valence-corrected chi connectivity index (χ3v) is 5.58. The van der Waals surface area contributed by atoms with Crippen LogP contribution < -0.4 is 15.4 Å². The third kappa shape index (κ3) is 6.59. The first kappa shape index (κ1) is 22.4. The van der Waals surface area contributed by atoms with Crippen molar-refractivity contribution in [2.75, 3.05) is 36.9 Å². The summed E-state index contributed by atoms with van der Waals surface area (Å²) in [5.74, 6) is 0.585. The number of likely N-dealkylation sites (tertiary alicyclic amines) is 1. The summed E-state index contributed by atoms with van der Waals surface area (Å²) >= 11 is 0. The van der Waals surface area contributed by atoms with E-state index < -0.39 is 0 Å². The number of carbonyl (C=O) groups excluding carboxylic acids is 2. The van der Waals surface area contributed by atoms with Gasteiger partial charge in [-0.25, -0.2) is 0 Å². The zero-order valence-electron chi connectivity index (χ0n) is 18.6. The summed E-state index contributed by atoms with van der Waals surface area (Å²) in [4.78, 5) is 26.9. The highest BCUT2D eigenvalue weighted by molar-refractivity contribution is 5.96. The molecule has 0 spiro atoms. The monoisotopic (exact) mass is 443 g/mol. The van der Waals surface area contributed by atoms with Crippen LogP contribution in [0.3, 0.4) is 0 Å². The SMILES string of the molecule is O=C(CNc1cccc(C(=O)N2CCCC2)c1)Nc1cccc(OCCc2ccccc2)c1. The Bertz CT molecular complexity index is 1080. The number of hydrogen-bond donors (Lipinski definition) is 2. The number of amides is 2. The second-order valence-electron chi connectivity index (χ2n) is 8.09. The van der Waals surface area contributed by atoms with Gasteiger partial charge in [-0.2, -0.15) is 0 Å². The number of ether oxygens (including phenoxy) is 1. The molecule has 0 saturated carbocycles. The van der Waals surface area contributed by atoms with Gasteiger partial charge >= 0.3 is 0 Å². The van der Waals surface area contributed by atoms with Crippen molar-refractivity contribution in [3.05, 3.63) is 90.0 Å². The van der Waals surface area contributed by atoms with E-state index >= 15 is 0 Å². The quantitative estimate of drug-likeness (QED) is 0.507. The molecule has 33 heavy (non-hydrogen) atoms. The Labute approximate surface area is 194 Å². The number of nitrogens with zero attached hydrogens (tertiary/aromatic N) is 1. The maximum atomic E-state index is 12.6. The van der Waals surface area contributed by atoms with Gasteiger partial charge in [-0.05, 0) is 48.7 Å². The third-order valence-electron chi connectivity index (χ3n) is 5.58. The van der Waals surface area contributed by atoms with Crippen molar-refractivity contribution in [2.24, 2.45) is 0 Å². The number of carbonyl (C=O) groups is 2. The van der Waals surface area contributed by atoms with E-state index in [1.54, 1.807) is 6.07 Å². The zero-order chi connectivity index (χ0) is 22.9. The van der Waals surface area contributed by atoms with Crippen LogP contribution in [-0.4, -0.2) is 43.0 Å². The summed E-state index contributed by atoms with van der Waals surface area (Å²) in [6.07, 6.45) is 2.94. The maximum absolute atomic E-state index is 12.6. The van der Waals surface area contributed by atoms with Crippen LogP contribution in [0, 0.1) is 0 Å². The van der Waals surface area contributed by atoms with Crippen molar-refractivity contribution in [2.45, 2.75) is 19.3 Å². The van der Waals surface area contributed by atoms with Gasteiger partial charge in [0.15, 0.2) is 0 Å². The molecule has 1 fully saturated rings. The Morgan fingerprint density at radius 2 is 1.61 bits per heavy atom. The maximum Gasteiger partial charge on any atom is 0.253 e. The topological polar surface area (TPSA) is 70.7 Å². The van der Waals surface area contributed by atoms with Crippen molar-refractivity contribution in [3.8, 4) is 5.75 Å². The van der Waals surface area contributed by atoms with Crippen molar-refractivity contribution in [3.63, 3.8) is 0 Å². The molecule has 2 amide bonds. The highest BCUT2D eigenvalue weighted by Crippen LogP contribution is 2.19. The minimum atomic E-state index is -0.173. The average Bonchev–Trinajstić information content (AvgIpc) is 3.39. The summed E-state index contributed by atoms with van der Waals surface area (Å²) in [6.45, 7) is 2.29. The average molecular weight is 444 g/mol. The van der Waals surface area contributed by atoms with Gasteiger partial charge in [0.2, 0.25) is 5.91 Å². The molecule has 0 radical (unpaired) electrons. The van der Waals surface area contributed by atoms with Crippen LogP contribution in [0.5, 0.6) is 5.75 Å². The molecule has 6 heteroatoms. The lowest BCUT2D eigenvalue weighted by atomic mass is 10.1. The molecule has 0 bridgehead atoms. The van der Waals surface area contributed by atoms with Crippen molar-refractivity contribution < 1.29 is 14.3 Å². The minimum absolute atomic E-state index is 0.0460. The fraction of sp³-hybridized carbons (Fsp3) is 0.259. The van der Waals surface area contributed by atoms with Crippen LogP contribution in [-0.2, 0) is 11.2 Å². The Morgan fingerprint density at radius 1 is 0.848 bits per heavy atom. The summed E-state index contributed by atoms with van der Waals surface area (Å²) in [6, 6.07) is 24.9. The molecule has 0 aromatic heterocycles. The molecule has 1 aliphatic heterocycles. The van der Waals surface area contributed by atoms with Gasteiger partial charge in [-0.3, -0.25) is 9.59 Å². The van der Waals surface area contributed by atoms with Gasteiger partial charge in [0.1, 0.15) is 5.75 Å². The van der Waals surface area contributed by atoms with Gasteiger partial charge in [-0.1, -0.05) is 42.5 Å². The number of benzene rings is 3. The molecule has 3 aromatic rings. The van der Waals surface area contributed by atoms with E-state index in [1.807, 2.05) is 65.6 Å². The Hall–Kier alpha value is -3.80. The summed E-state index contributed by atoms with van der Waals surface area (Å²) < 4.78 is 5.84. The second-order valence-corrected chi connectivity index (χ2v) is 8.09. The van der Waals surface area contributed by atoms with Crippen LogP contribution in [0.2, 0.25) is 0 Å². The van der Waals surface area contributed by atoms with Gasteiger partial charge in [0, 0.05) is 42.5 Å². The molecule has 1 aliphatic rings. The van der Waals surface area contributed by atoms with E-state index in [2.05, 4.69) is 22.8 Å². The number of hydrogen-bond acceptors (Lipinski definition) is 4. The van der Waals surface area contributed by atoms with E-state index in [-0.39, 0.29) is 18.4 Å². The van der Waals surface area contributed by atoms with Crippen LogP contribution in [0.25, 0.3) is 0 Å². The first-order valence-electron chi connectivity index (χ1n) is 11.4. The molecule has 0 aliphatic carbocycles. The molecule has 1 heterocycles. The lowest BCUT2D eigenvalue weighted by Gasteiger charge is -2.16. The Balaban J connectivity index is 1.25. The molecule has 0 unspecified atom stereocenters. The normalized spacial score (nSPS) is 12.9. The molecule has 170 valence electrons. The Kier molecular flexibility index (Phi) is 7.59. The van der Waals surface area contributed by atoms with E-state index in [9.17, 15) is 9.59 Å². The highest BCUT2D eigenvalue weighted by atomic mass is 16.5. The van der Waals surface area contributed by atoms with Crippen LogP contribution >= 0.6 is 0 Å². The highest BCUT2D eigenvalue weighted by Gasteiger charge is 2.19. The Morgan fingerprint density at radius 3 is 2.42 bits per heavy atom. The van der Waals surface area contributed by atoms with Crippen LogP contribution in [0.1, 0.15) is 28.8 Å². The predicted molar refractivity (Wildman–Crippen MR) is 131 cm³/mol. The standard InChI is InChI=1S/C27H29N3O3/c31-26(20-28-23-11-6-10-22(18-23)27(32)30-15-4-5-16-30)29-24-12-7-13-25(19-24)33-17-14-21-8-2-1-3-9-21/h1-3,6-13,18-19,28H,4-5,14-17,20H2,(H,29,31). The first-order chi connectivity index (χ1) is 16.2. The second kappa shape index (κ2) is 11.2. The van der Waals surface area contributed by atoms with Crippen molar-refractivity contribution in [1.82, 2.24) is 4.90 Å². The lowest BCUT2D eigenvalue weighted by molar-refractivity contribution is -0.114. The molecule has 4 rings (SSSR count). The summed E-state index contributed by atoms with van der Waals surface area (Å²) in [5, 5.41) is 5.99. The summed E-state index contributed by atoms with van der Waals surface area (Å²) in [7, 11) is 0. The molecule has 6 nitrogen and oxygen atoms in total. The molecule has 0 atom stereocenters. The zero-order valence-corrected chi connectivity index (χ0v) is 18.6. The fourth-order valence-electron chi connectivity index (χ4n) is 3.85. The van der Waals surface area contributed by atoms with Crippen LogP contribution in [0.4, 0.5) is 11.4 Å². The van der Waals surface area contributed by atoms with Gasteiger partial charge in [0.25, 0.3) is 5.91 Å². The van der Waals surface area contributed by atoms with E-state index in [0.717, 1.165) is 38.0 Å². The van der Waals surface area contributed by atoms with Crippen LogP contribution in [0.15, 0.2) is 78.9 Å². The largest absolute Gasteiger partial charge is 0.493 e. The van der Waals surface area contributed by atoms with Crippen molar-refractivity contribution >= 4 is 23.2 Å². The molecule has 2 N–H and O–H groups in total. The lowest BCUT2D eigenvalue weighted by Crippen LogP contribution is -2.27. The van der Waals surface area contributed by atoms with Gasteiger partial charge in [0.05, 0.1) is 13.2 Å². The van der Waals surface area contributed by atoms with Gasteiger partial charge < -0.3 is 20.3 Å².